The minimum absolute atomic E-state index is 0. The van der Waals surface area contributed by atoms with E-state index in [2.05, 4.69) is 10.4 Å². The molecule has 0 saturated carbocycles. The Bertz CT molecular complexity index is 653. The van der Waals surface area contributed by atoms with Crippen LogP contribution in [-0.2, 0) is 18.3 Å². The number of nitrogens with two attached hydrogens (primary N) is 1. The smallest absolute Gasteiger partial charge is 0.228 e. The number of carbonyl (C=O) groups is 1. The van der Waals surface area contributed by atoms with E-state index in [4.69, 9.17) is 10.5 Å². The van der Waals surface area contributed by atoms with E-state index in [9.17, 15) is 4.79 Å². The molecule has 0 spiro atoms. The van der Waals surface area contributed by atoms with E-state index < -0.39 is 0 Å². The zero-order valence-electron chi connectivity index (χ0n) is 13.6. The summed E-state index contributed by atoms with van der Waals surface area (Å²) >= 11 is 0. The fourth-order valence-corrected chi connectivity index (χ4v) is 2.25. The maximum absolute atomic E-state index is 12.2. The van der Waals surface area contributed by atoms with E-state index in [1.807, 2.05) is 45.2 Å². The summed E-state index contributed by atoms with van der Waals surface area (Å²) in [4.78, 5) is 12.2. The maximum Gasteiger partial charge on any atom is 0.228 e. The highest BCUT2D eigenvalue weighted by Gasteiger charge is 2.13. The molecule has 7 heteroatoms. The van der Waals surface area contributed by atoms with Crippen molar-refractivity contribution in [2.75, 3.05) is 18.5 Å². The molecule has 23 heavy (non-hydrogen) atoms. The summed E-state index contributed by atoms with van der Waals surface area (Å²) in [5.41, 5.74) is 9.00. The van der Waals surface area contributed by atoms with Crippen LogP contribution in [0.4, 0.5) is 5.69 Å². The van der Waals surface area contributed by atoms with Crippen LogP contribution < -0.4 is 15.8 Å². The van der Waals surface area contributed by atoms with Crippen LogP contribution in [0.5, 0.6) is 5.75 Å². The van der Waals surface area contributed by atoms with Gasteiger partial charge in [0.15, 0.2) is 0 Å². The molecular weight excluding hydrogens is 316 g/mol. The summed E-state index contributed by atoms with van der Waals surface area (Å²) in [6.07, 6.45) is 0.316. The monoisotopic (exact) mass is 338 g/mol. The summed E-state index contributed by atoms with van der Waals surface area (Å²) in [5, 5.41) is 7.20. The van der Waals surface area contributed by atoms with Crippen LogP contribution in [0.3, 0.4) is 0 Å². The highest BCUT2D eigenvalue weighted by atomic mass is 35.5. The molecule has 6 nitrogen and oxygen atoms in total. The number of aromatic nitrogens is 2. The third-order valence-electron chi connectivity index (χ3n) is 3.52. The van der Waals surface area contributed by atoms with Gasteiger partial charge in [0, 0.05) is 30.5 Å². The summed E-state index contributed by atoms with van der Waals surface area (Å²) in [7, 11) is 1.88. The van der Waals surface area contributed by atoms with Crippen LogP contribution in [0.2, 0.25) is 0 Å². The van der Waals surface area contributed by atoms with Crippen molar-refractivity contribution in [1.29, 1.82) is 0 Å². The van der Waals surface area contributed by atoms with Gasteiger partial charge in [-0.2, -0.15) is 5.10 Å². The second-order valence-corrected chi connectivity index (χ2v) is 5.16. The SMILES string of the molecule is Cc1nn(C)c(C)c1CC(=O)Nc1ccc(OCCN)cc1.Cl. The van der Waals surface area contributed by atoms with Crippen LogP contribution in [0, 0.1) is 13.8 Å². The summed E-state index contributed by atoms with van der Waals surface area (Å²) < 4.78 is 7.19. The quantitative estimate of drug-likeness (QED) is 0.843. The summed E-state index contributed by atoms with van der Waals surface area (Å²) in [6, 6.07) is 7.25. The molecule has 3 N–H and O–H groups in total. The van der Waals surface area contributed by atoms with Crippen molar-refractivity contribution < 1.29 is 9.53 Å². The minimum Gasteiger partial charge on any atom is -0.492 e. The Balaban J connectivity index is 0.00000264. The molecule has 0 aliphatic rings. The molecule has 0 aliphatic carbocycles. The zero-order valence-corrected chi connectivity index (χ0v) is 14.4. The van der Waals surface area contributed by atoms with Crippen LogP contribution >= 0.6 is 12.4 Å². The maximum atomic E-state index is 12.2. The number of halogens is 1. The van der Waals surface area contributed by atoms with E-state index in [1.165, 1.54) is 0 Å². The fourth-order valence-electron chi connectivity index (χ4n) is 2.25. The van der Waals surface area contributed by atoms with Crippen LogP contribution in [0.1, 0.15) is 17.0 Å². The van der Waals surface area contributed by atoms with Gasteiger partial charge in [0.25, 0.3) is 0 Å². The van der Waals surface area contributed by atoms with Gasteiger partial charge in [-0.05, 0) is 38.1 Å². The minimum atomic E-state index is -0.0603. The number of aryl methyl sites for hydroxylation is 2. The number of carbonyl (C=O) groups excluding carboxylic acids is 1. The lowest BCUT2D eigenvalue weighted by molar-refractivity contribution is -0.115. The average Bonchev–Trinajstić information content (AvgIpc) is 2.73. The lowest BCUT2D eigenvalue weighted by atomic mass is 10.1. The highest BCUT2D eigenvalue weighted by molar-refractivity contribution is 5.92. The molecular formula is C16H23ClN4O2. The molecule has 0 aliphatic heterocycles. The second-order valence-electron chi connectivity index (χ2n) is 5.16. The molecule has 0 atom stereocenters. The van der Waals surface area contributed by atoms with Crippen molar-refractivity contribution in [3.63, 3.8) is 0 Å². The summed E-state index contributed by atoms with van der Waals surface area (Å²) in [5.74, 6) is 0.678. The van der Waals surface area contributed by atoms with Gasteiger partial charge in [-0.3, -0.25) is 9.48 Å². The number of anilines is 1. The third-order valence-corrected chi connectivity index (χ3v) is 3.52. The number of benzene rings is 1. The first-order valence-corrected chi connectivity index (χ1v) is 7.23. The number of nitrogens with zero attached hydrogens (tertiary/aromatic N) is 2. The number of hydrogen-bond donors (Lipinski definition) is 2. The largest absolute Gasteiger partial charge is 0.492 e. The van der Waals surface area contributed by atoms with E-state index in [0.717, 1.165) is 28.4 Å². The zero-order chi connectivity index (χ0) is 16.1. The van der Waals surface area contributed by atoms with Gasteiger partial charge in [0.1, 0.15) is 12.4 Å². The Morgan fingerprint density at radius 1 is 1.30 bits per heavy atom. The average molecular weight is 339 g/mol. The van der Waals surface area contributed by atoms with Crippen LogP contribution in [-0.4, -0.2) is 28.8 Å². The number of hydrogen-bond acceptors (Lipinski definition) is 4. The molecule has 126 valence electrons. The molecule has 2 aromatic rings. The lowest BCUT2D eigenvalue weighted by Gasteiger charge is -2.08. The van der Waals surface area contributed by atoms with Crippen molar-refractivity contribution in [3.8, 4) is 5.75 Å². The Labute approximate surface area is 142 Å². The Morgan fingerprint density at radius 3 is 2.48 bits per heavy atom. The molecule has 0 saturated heterocycles. The predicted octanol–water partition coefficient (Wildman–Crippen LogP) is 1.98. The predicted molar refractivity (Wildman–Crippen MR) is 93.3 cm³/mol. The molecule has 0 bridgehead atoms. The molecule has 1 aromatic heterocycles. The lowest BCUT2D eigenvalue weighted by Crippen LogP contribution is -2.15. The van der Waals surface area contributed by atoms with Crippen molar-refractivity contribution in [1.82, 2.24) is 9.78 Å². The number of ether oxygens (including phenoxy) is 1. The molecule has 1 heterocycles. The first-order valence-electron chi connectivity index (χ1n) is 7.23. The van der Waals surface area contributed by atoms with E-state index in [0.29, 0.717) is 19.6 Å². The van der Waals surface area contributed by atoms with E-state index >= 15 is 0 Å². The first-order chi connectivity index (χ1) is 10.5. The fraction of sp³-hybridized carbons (Fsp3) is 0.375. The van der Waals surface area contributed by atoms with Crippen LogP contribution in [0.25, 0.3) is 0 Å². The Morgan fingerprint density at radius 2 is 1.96 bits per heavy atom. The Kier molecular flexibility index (Phi) is 7.06. The molecule has 0 radical (unpaired) electrons. The Hall–Kier alpha value is -2.05. The van der Waals surface area contributed by atoms with Gasteiger partial charge in [-0.15, -0.1) is 12.4 Å². The van der Waals surface area contributed by atoms with Gasteiger partial charge in [-0.1, -0.05) is 0 Å². The normalized spacial score (nSPS) is 10.1. The van der Waals surface area contributed by atoms with Gasteiger partial charge in [0.05, 0.1) is 12.1 Å². The van der Waals surface area contributed by atoms with Gasteiger partial charge < -0.3 is 15.8 Å². The van der Waals surface area contributed by atoms with Crippen molar-refractivity contribution >= 4 is 24.0 Å². The standard InChI is InChI=1S/C16H22N4O2.ClH/c1-11-15(12(2)20(3)19-11)10-16(21)18-13-4-6-14(7-5-13)22-9-8-17;/h4-7H,8-10,17H2,1-3H3,(H,18,21);1H. The number of amides is 1. The molecule has 1 amide bonds. The molecule has 1 aromatic carbocycles. The van der Waals surface area contributed by atoms with Gasteiger partial charge in [-0.25, -0.2) is 0 Å². The van der Waals surface area contributed by atoms with Gasteiger partial charge >= 0.3 is 0 Å². The molecule has 2 rings (SSSR count). The second kappa shape index (κ2) is 8.55. The van der Waals surface area contributed by atoms with Crippen LogP contribution in [0.15, 0.2) is 24.3 Å². The number of nitrogens with one attached hydrogen (secondary N) is 1. The third kappa shape index (κ3) is 4.97. The van der Waals surface area contributed by atoms with Crippen molar-refractivity contribution in [2.24, 2.45) is 12.8 Å². The topological polar surface area (TPSA) is 82.2 Å². The molecule has 0 fully saturated rings. The molecule has 0 unspecified atom stereocenters. The van der Waals surface area contributed by atoms with E-state index in [-0.39, 0.29) is 18.3 Å². The van der Waals surface area contributed by atoms with Gasteiger partial charge in [0.2, 0.25) is 5.91 Å². The van der Waals surface area contributed by atoms with Crippen molar-refractivity contribution in [3.05, 3.63) is 41.2 Å². The summed E-state index contributed by atoms with van der Waals surface area (Å²) in [6.45, 7) is 4.83. The van der Waals surface area contributed by atoms with E-state index in [1.54, 1.807) is 4.68 Å². The highest BCUT2D eigenvalue weighted by Crippen LogP contribution is 2.17. The first kappa shape index (κ1) is 19.0. The van der Waals surface area contributed by atoms with Crippen molar-refractivity contribution in [2.45, 2.75) is 20.3 Å². The number of rotatable bonds is 6.